The Hall–Kier alpha value is -6.36. The molecule has 234 valence electrons. The van der Waals surface area contributed by atoms with Gasteiger partial charge in [-0.1, -0.05) is 91.0 Å². The summed E-state index contributed by atoms with van der Waals surface area (Å²) in [5, 5.41) is 7.38. The van der Waals surface area contributed by atoms with Crippen LogP contribution >= 0.6 is 11.3 Å². The first kappa shape index (κ1) is 27.6. The first-order valence-electron chi connectivity index (χ1n) is 16.9. The number of thiophene rings is 1. The predicted molar refractivity (Wildman–Crippen MR) is 211 cm³/mol. The second kappa shape index (κ2) is 10.6. The topological polar surface area (TPSA) is 17.4 Å². The van der Waals surface area contributed by atoms with Gasteiger partial charge >= 0.3 is 0 Å². The number of nitrogens with zero attached hydrogens (tertiary/aromatic N) is 2. The lowest BCUT2D eigenvalue weighted by Gasteiger charge is -2.28. The van der Waals surface area contributed by atoms with Gasteiger partial charge in [-0.05, 0) is 83.7 Å². The fourth-order valence-electron chi connectivity index (χ4n) is 7.95. The second-order valence-corrected chi connectivity index (χ2v) is 14.0. The van der Waals surface area contributed by atoms with Gasteiger partial charge in [0.25, 0.3) is 0 Å². The molecule has 3 nitrogen and oxygen atoms in total. The molecular weight excluding hydrogens is 629 g/mol. The molecule has 0 unspecified atom stereocenters. The van der Waals surface area contributed by atoms with Crippen molar-refractivity contribution in [3.63, 3.8) is 0 Å². The summed E-state index contributed by atoms with van der Waals surface area (Å²) >= 11 is 1.85. The molecule has 10 aromatic rings. The van der Waals surface area contributed by atoms with Gasteiger partial charge in [0.2, 0.25) is 0 Å². The van der Waals surface area contributed by atoms with E-state index < -0.39 is 0 Å². The van der Waals surface area contributed by atoms with Crippen LogP contribution in [0.15, 0.2) is 170 Å². The first-order chi connectivity index (χ1) is 24.8. The smallest absolute Gasteiger partial charge is 0.137 e. The summed E-state index contributed by atoms with van der Waals surface area (Å²) in [4.78, 5) is 2.38. The Morgan fingerprint density at radius 1 is 0.440 bits per heavy atom. The lowest BCUT2D eigenvalue weighted by molar-refractivity contribution is 0.487. The Labute approximate surface area is 292 Å². The average Bonchev–Trinajstić information content (AvgIpc) is 3.71. The maximum Gasteiger partial charge on any atom is 0.137 e. The van der Waals surface area contributed by atoms with Crippen LogP contribution in [0.2, 0.25) is 0 Å². The van der Waals surface area contributed by atoms with Crippen LogP contribution in [0, 0.1) is 0 Å². The monoisotopic (exact) mass is 656 g/mol. The molecule has 1 aliphatic rings. The zero-order valence-electron chi connectivity index (χ0n) is 26.9. The number of para-hydroxylation sites is 2. The van der Waals surface area contributed by atoms with E-state index >= 15 is 0 Å². The van der Waals surface area contributed by atoms with Crippen LogP contribution in [0.3, 0.4) is 0 Å². The molecule has 4 heteroatoms. The van der Waals surface area contributed by atoms with Crippen molar-refractivity contribution in [3.8, 4) is 28.3 Å². The van der Waals surface area contributed by atoms with Gasteiger partial charge in [0, 0.05) is 70.7 Å². The van der Waals surface area contributed by atoms with E-state index in [1.165, 1.54) is 52.8 Å². The first-order valence-corrected chi connectivity index (χ1v) is 17.7. The summed E-state index contributed by atoms with van der Waals surface area (Å²) in [5.41, 5.74) is 9.03. The Morgan fingerprint density at radius 3 is 2.06 bits per heavy atom. The summed E-state index contributed by atoms with van der Waals surface area (Å²) < 4.78 is 11.7. The largest absolute Gasteiger partial charge is 0.456 e. The quantitative estimate of drug-likeness (QED) is 0.188. The molecule has 2 aromatic heterocycles. The number of anilines is 3. The van der Waals surface area contributed by atoms with Crippen LogP contribution < -0.4 is 9.64 Å². The van der Waals surface area contributed by atoms with Crippen molar-refractivity contribution in [1.82, 2.24) is 4.57 Å². The zero-order valence-corrected chi connectivity index (χ0v) is 27.7. The van der Waals surface area contributed by atoms with Crippen molar-refractivity contribution in [2.45, 2.75) is 0 Å². The Kier molecular flexibility index (Phi) is 5.83. The van der Waals surface area contributed by atoms with Gasteiger partial charge in [0.1, 0.15) is 11.5 Å². The lowest BCUT2D eigenvalue weighted by Crippen LogP contribution is -2.11. The lowest BCUT2D eigenvalue weighted by atomic mass is 9.94. The molecule has 0 bridgehead atoms. The zero-order chi connectivity index (χ0) is 32.8. The fourth-order valence-corrected chi connectivity index (χ4v) is 9.03. The van der Waals surface area contributed by atoms with Gasteiger partial charge in [-0.2, -0.15) is 0 Å². The van der Waals surface area contributed by atoms with Gasteiger partial charge < -0.3 is 14.2 Å². The molecule has 0 aliphatic carbocycles. The standard InChI is InChI=1S/C46H28N2OS/c1-2-12-30(13-3-1)48-40-17-6-4-14-34(40)35-23-20-32(27-41(35)48)47(31-22-25-45-39(26-31)37-15-5-7-19-44(37)50-45)33-21-24-36-38-16-8-10-29-11-9-18-42(46(29)38)49-43(36)28-33/h1-28H. The minimum Gasteiger partial charge on any atom is -0.456 e. The van der Waals surface area contributed by atoms with E-state index in [2.05, 4.69) is 179 Å². The van der Waals surface area contributed by atoms with E-state index in [1.807, 2.05) is 11.3 Å². The number of rotatable bonds is 4. The molecule has 0 saturated heterocycles. The van der Waals surface area contributed by atoms with Gasteiger partial charge in [-0.15, -0.1) is 11.3 Å². The van der Waals surface area contributed by atoms with Crippen molar-refractivity contribution in [2.75, 3.05) is 4.90 Å². The fraction of sp³-hybridized carbons (Fsp3) is 0. The van der Waals surface area contributed by atoms with Crippen LogP contribution in [0.1, 0.15) is 0 Å². The predicted octanol–water partition coefficient (Wildman–Crippen LogP) is 13.5. The summed E-state index contributed by atoms with van der Waals surface area (Å²) in [7, 11) is 0. The maximum absolute atomic E-state index is 6.69. The third kappa shape index (κ3) is 4.03. The van der Waals surface area contributed by atoms with Gasteiger partial charge in [0.15, 0.2) is 0 Å². The van der Waals surface area contributed by atoms with Crippen molar-refractivity contribution in [3.05, 3.63) is 170 Å². The Balaban J connectivity index is 1.16. The third-order valence-corrected chi connectivity index (χ3v) is 11.3. The summed E-state index contributed by atoms with van der Waals surface area (Å²) in [6.07, 6.45) is 0. The highest BCUT2D eigenvalue weighted by atomic mass is 32.1. The molecule has 11 rings (SSSR count). The van der Waals surface area contributed by atoms with Crippen LogP contribution in [-0.2, 0) is 0 Å². The summed E-state index contributed by atoms with van der Waals surface area (Å²) in [6, 6.07) is 61.3. The van der Waals surface area contributed by atoms with Crippen molar-refractivity contribution < 1.29 is 4.74 Å². The van der Waals surface area contributed by atoms with E-state index in [1.54, 1.807) is 0 Å². The average molecular weight is 657 g/mol. The van der Waals surface area contributed by atoms with Crippen molar-refractivity contribution >= 4 is 81.1 Å². The second-order valence-electron chi connectivity index (χ2n) is 12.9. The van der Waals surface area contributed by atoms with Crippen LogP contribution in [0.5, 0.6) is 11.5 Å². The molecule has 0 fully saturated rings. The van der Waals surface area contributed by atoms with Gasteiger partial charge in [-0.3, -0.25) is 0 Å². The number of benzene rings is 8. The van der Waals surface area contributed by atoms with Crippen LogP contribution in [-0.4, -0.2) is 4.57 Å². The maximum atomic E-state index is 6.69. The summed E-state index contributed by atoms with van der Waals surface area (Å²) in [5.74, 6) is 1.76. The number of hydrogen-bond acceptors (Lipinski definition) is 3. The molecule has 0 spiro atoms. The molecule has 8 aromatic carbocycles. The summed E-state index contributed by atoms with van der Waals surface area (Å²) in [6.45, 7) is 0. The minimum atomic E-state index is 0.861. The van der Waals surface area contributed by atoms with Gasteiger partial charge in [0.05, 0.1) is 11.0 Å². The number of ether oxygens (including phenoxy) is 1. The number of fused-ring (bicyclic) bond motifs is 8. The van der Waals surface area contributed by atoms with Crippen molar-refractivity contribution in [2.24, 2.45) is 0 Å². The molecule has 0 atom stereocenters. The minimum absolute atomic E-state index is 0.861. The molecule has 0 radical (unpaired) electrons. The molecule has 1 aliphatic heterocycles. The highest BCUT2D eigenvalue weighted by Gasteiger charge is 2.23. The molecule has 0 amide bonds. The van der Waals surface area contributed by atoms with E-state index in [0.717, 1.165) is 45.3 Å². The van der Waals surface area contributed by atoms with E-state index in [-0.39, 0.29) is 0 Å². The van der Waals surface area contributed by atoms with E-state index in [9.17, 15) is 0 Å². The third-order valence-electron chi connectivity index (χ3n) is 10.1. The molecule has 0 saturated carbocycles. The molecule has 50 heavy (non-hydrogen) atoms. The molecule has 3 heterocycles. The van der Waals surface area contributed by atoms with Crippen molar-refractivity contribution in [1.29, 1.82) is 0 Å². The Bertz CT molecular complexity index is 2970. The SMILES string of the molecule is c1ccc(-n2c3ccccc3c3ccc(N(c4ccc5c(c4)Oc4cccc6cccc-5c46)c4ccc5sc6ccccc6c5c4)cc32)cc1. The Morgan fingerprint density at radius 2 is 1.14 bits per heavy atom. The van der Waals surface area contributed by atoms with Gasteiger partial charge in [-0.25, -0.2) is 0 Å². The number of hydrogen-bond donors (Lipinski definition) is 0. The van der Waals surface area contributed by atoms with Crippen LogP contribution in [0.25, 0.3) is 69.6 Å². The normalized spacial score (nSPS) is 12.2. The van der Waals surface area contributed by atoms with E-state index in [4.69, 9.17) is 4.74 Å². The van der Waals surface area contributed by atoms with Crippen LogP contribution in [0.4, 0.5) is 17.1 Å². The highest BCUT2D eigenvalue weighted by Crippen LogP contribution is 2.49. The molecule has 0 N–H and O–H groups in total. The molecular formula is C46H28N2OS. The highest BCUT2D eigenvalue weighted by molar-refractivity contribution is 7.25. The number of aromatic nitrogens is 1. The van der Waals surface area contributed by atoms with E-state index in [0.29, 0.717) is 0 Å².